The SMILES string of the molecule is CC(C)(C)O[C]=O.[CaH2]. The first-order chi connectivity index (χ1) is 3.06. The van der Waals surface area contributed by atoms with Gasteiger partial charge in [0.1, 0.15) is 5.60 Å². The van der Waals surface area contributed by atoms with Gasteiger partial charge in [-0.1, -0.05) is 0 Å². The van der Waals surface area contributed by atoms with Gasteiger partial charge in [-0.05, 0) is 20.8 Å². The van der Waals surface area contributed by atoms with Crippen LogP contribution >= 0.6 is 0 Å². The van der Waals surface area contributed by atoms with Crippen molar-refractivity contribution in [3.05, 3.63) is 0 Å². The maximum absolute atomic E-state index is 9.47. The van der Waals surface area contributed by atoms with Gasteiger partial charge in [0.05, 0.1) is 0 Å². The Morgan fingerprint density at radius 1 is 1.38 bits per heavy atom. The molecule has 0 spiro atoms. The van der Waals surface area contributed by atoms with E-state index in [1.165, 1.54) is 6.47 Å². The van der Waals surface area contributed by atoms with Crippen molar-refractivity contribution < 1.29 is 9.53 Å². The first-order valence-electron chi connectivity index (χ1n) is 2.11. The average Bonchev–Trinajstić information content (AvgIpc) is 1.30. The van der Waals surface area contributed by atoms with Gasteiger partial charge >= 0.3 is 44.2 Å². The zero-order valence-corrected chi connectivity index (χ0v) is 4.82. The van der Waals surface area contributed by atoms with Gasteiger partial charge < -0.3 is 4.74 Å². The Kier molecular flexibility index (Phi) is 6.61. The third-order valence-electron chi connectivity index (χ3n) is 0.348. The molecule has 0 aromatic carbocycles. The Labute approximate surface area is 79.6 Å². The second kappa shape index (κ2) is 4.59. The summed E-state index contributed by atoms with van der Waals surface area (Å²) >= 11 is 0. The van der Waals surface area contributed by atoms with Crippen LogP contribution in [-0.4, -0.2) is 49.8 Å². The molecule has 8 heavy (non-hydrogen) atoms. The molecule has 0 fully saturated rings. The standard InChI is InChI=1S/C5H9O2.Ca.2H/c1-5(2,3)7-4-6;;;/h1-3H3;;;. The van der Waals surface area contributed by atoms with Crippen LogP contribution in [0.25, 0.3) is 0 Å². The van der Waals surface area contributed by atoms with Crippen molar-refractivity contribution in [1.29, 1.82) is 0 Å². The number of hydrogen-bond donors (Lipinski definition) is 0. The van der Waals surface area contributed by atoms with Gasteiger partial charge in [-0.3, -0.25) is 0 Å². The zero-order chi connectivity index (χ0) is 5.91. The van der Waals surface area contributed by atoms with Crippen molar-refractivity contribution in [2.24, 2.45) is 0 Å². The first-order valence-corrected chi connectivity index (χ1v) is 2.11. The summed E-state index contributed by atoms with van der Waals surface area (Å²) in [5, 5.41) is 0. The summed E-state index contributed by atoms with van der Waals surface area (Å²) in [5.41, 5.74) is -0.373. The van der Waals surface area contributed by atoms with Gasteiger partial charge in [-0.2, -0.15) is 0 Å². The van der Waals surface area contributed by atoms with Gasteiger partial charge in [-0.25, -0.2) is 4.79 Å². The van der Waals surface area contributed by atoms with Crippen LogP contribution in [0.5, 0.6) is 0 Å². The molecule has 0 saturated carbocycles. The summed E-state index contributed by atoms with van der Waals surface area (Å²) in [6.07, 6.45) is 0. The summed E-state index contributed by atoms with van der Waals surface area (Å²) in [4.78, 5) is 9.47. The molecule has 1 radical (unpaired) electrons. The van der Waals surface area contributed by atoms with Crippen LogP contribution in [0.15, 0.2) is 0 Å². The molecular weight excluding hydrogens is 132 g/mol. The summed E-state index contributed by atoms with van der Waals surface area (Å²) < 4.78 is 4.42. The van der Waals surface area contributed by atoms with Gasteiger partial charge in [0.15, 0.2) is 0 Å². The van der Waals surface area contributed by atoms with E-state index in [1.807, 2.05) is 0 Å². The van der Waals surface area contributed by atoms with Crippen LogP contribution in [0.3, 0.4) is 0 Å². The summed E-state index contributed by atoms with van der Waals surface area (Å²) in [7, 11) is 0. The van der Waals surface area contributed by atoms with E-state index >= 15 is 0 Å². The van der Waals surface area contributed by atoms with Crippen molar-refractivity contribution in [2.75, 3.05) is 0 Å². The van der Waals surface area contributed by atoms with E-state index in [4.69, 9.17) is 0 Å². The van der Waals surface area contributed by atoms with Crippen LogP contribution in [0.2, 0.25) is 0 Å². The molecule has 0 bridgehead atoms. The first kappa shape index (κ1) is 11.5. The van der Waals surface area contributed by atoms with Gasteiger partial charge in [-0.15, -0.1) is 0 Å². The third kappa shape index (κ3) is 9.88. The molecule has 0 aliphatic heterocycles. The van der Waals surface area contributed by atoms with Gasteiger partial charge in [0, 0.05) is 0 Å². The second-order valence-electron chi connectivity index (χ2n) is 2.30. The normalized spacial score (nSPS) is 9.38. The minimum atomic E-state index is -0.373. The summed E-state index contributed by atoms with van der Waals surface area (Å²) in [5.74, 6) is 0. The fraction of sp³-hybridized carbons (Fsp3) is 0.800. The van der Waals surface area contributed by atoms with Crippen molar-refractivity contribution in [1.82, 2.24) is 0 Å². The van der Waals surface area contributed by atoms with Crippen LogP contribution in [0, 0.1) is 0 Å². The van der Waals surface area contributed by atoms with Gasteiger partial charge in [0.2, 0.25) is 0 Å². The number of hydrogen-bond acceptors (Lipinski definition) is 2. The molecule has 0 saturated heterocycles. The molecule has 0 aromatic heterocycles. The van der Waals surface area contributed by atoms with Crippen molar-refractivity contribution in [3.63, 3.8) is 0 Å². The topological polar surface area (TPSA) is 26.3 Å². The van der Waals surface area contributed by atoms with E-state index in [9.17, 15) is 4.79 Å². The van der Waals surface area contributed by atoms with E-state index in [0.717, 1.165) is 0 Å². The maximum atomic E-state index is 9.47. The van der Waals surface area contributed by atoms with Gasteiger partial charge in [0.25, 0.3) is 0 Å². The monoisotopic (exact) mass is 143 g/mol. The van der Waals surface area contributed by atoms with E-state index in [-0.39, 0.29) is 43.3 Å². The molecule has 0 aliphatic carbocycles. The van der Waals surface area contributed by atoms with Crippen molar-refractivity contribution in [3.8, 4) is 0 Å². The Morgan fingerprint density at radius 3 is 1.75 bits per heavy atom. The second-order valence-corrected chi connectivity index (χ2v) is 2.30. The molecule has 0 aromatic rings. The van der Waals surface area contributed by atoms with Crippen LogP contribution in [0.1, 0.15) is 20.8 Å². The van der Waals surface area contributed by atoms with E-state index in [2.05, 4.69) is 4.74 Å². The molecule has 2 nitrogen and oxygen atoms in total. The Hall–Kier alpha value is 0.730. The fourth-order valence-electron chi connectivity index (χ4n) is 0.125. The molecule has 0 heterocycles. The Balaban J connectivity index is 0. The average molecular weight is 143 g/mol. The van der Waals surface area contributed by atoms with Crippen molar-refractivity contribution in [2.45, 2.75) is 26.4 Å². The van der Waals surface area contributed by atoms with E-state index in [1.54, 1.807) is 20.8 Å². The molecule has 0 atom stereocenters. The molecular formula is C5H11CaO2. The molecule has 0 N–H and O–H groups in total. The number of ether oxygens (including phenoxy) is 1. The minimum absolute atomic E-state index is 0. The summed E-state index contributed by atoms with van der Waals surface area (Å²) in [6, 6.07) is 0. The van der Waals surface area contributed by atoms with E-state index in [0.29, 0.717) is 0 Å². The molecule has 3 heteroatoms. The van der Waals surface area contributed by atoms with Crippen molar-refractivity contribution >= 4 is 44.2 Å². The molecule has 0 aliphatic rings. The van der Waals surface area contributed by atoms with Crippen LogP contribution in [0.4, 0.5) is 0 Å². The van der Waals surface area contributed by atoms with Crippen LogP contribution < -0.4 is 0 Å². The Morgan fingerprint density at radius 2 is 1.75 bits per heavy atom. The quantitative estimate of drug-likeness (QED) is 0.481. The third-order valence-corrected chi connectivity index (χ3v) is 0.348. The molecule has 0 rings (SSSR count). The van der Waals surface area contributed by atoms with Crippen LogP contribution in [-0.2, 0) is 9.53 Å². The summed E-state index contributed by atoms with van der Waals surface area (Å²) in [6.45, 7) is 6.73. The zero-order valence-electron chi connectivity index (χ0n) is 4.82. The fourth-order valence-corrected chi connectivity index (χ4v) is 0.125. The molecule has 45 valence electrons. The van der Waals surface area contributed by atoms with E-state index < -0.39 is 0 Å². The number of carbonyl (C=O) groups excluding carboxylic acids is 1. The predicted octanol–water partition coefficient (Wildman–Crippen LogP) is -0.0475. The molecule has 0 amide bonds. The number of rotatable bonds is 1. The Bertz CT molecular complexity index is 65.3. The molecule has 0 unspecified atom stereocenters. The predicted molar refractivity (Wildman–Crippen MR) is 35.1 cm³/mol.